The Morgan fingerprint density at radius 2 is 1.52 bits per heavy atom. The molecule has 2 fully saturated rings. The number of nitrogens with zero attached hydrogens (tertiary/aromatic N) is 2. The molecular weight excluding hydrogens is 370 g/mol. The number of urea groups is 1. The first-order chi connectivity index (χ1) is 14.0. The van der Waals surface area contributed by atoms with Crippen LogP contribution in [-0.2, 0) is 14.3 Å². The monoisotopic (exact) mass is 391 g/mol. The lowest BCUT2D eigenvalue weighted by atomic mass is 10.1. The Morgan fingerprint density at radius 1 is 0.897 bits per heavy atom. The molecule has 0 unspecified atom stereocenters. The number of barbiturate groups is 1. The quantitative estimate of drug-likeness (QED) is 0.642. The third-order valence-electron chi connectivity index (χ3n) is 4.97. The van der Waals surface area contributed by atoms with Crippen molar-refractivity contribution in [1.29, 1.82) is 0 Å². The first-order valence-electron chi connectivity index (χ1n) is 9.44. The van der Waals surface area contributed by atoms with E-state index in [0.29, 0.717) is 24.5 Å². The van der Waals surface area contributed by atoms with Crippen LogP contribution in [0.5, 0.6) is 0 Å². The van der Waals surface area contributed by atoms with Crippen molar-refractivity contribution in [3.05, 3.63) is 65.2 Å². The van der Waals surface area contributed by atoms with E-state index < -0.39 is 17.8 Å². The van der Waals surface area contributed by atoms with Crippen molar-refractivity contribution in [3.8, 4) is 0 Å². The van der Waals surface area contributed by atoms with E-state index in [4.69, 9.17) is 4.74 Å². The highest BCUT2D eigenvalue weighted by atomic mass is 16.5. The Balaban J connectivity index is 1.59. The lowest BCUT2D eigenvalue weighted by molar-refractivity contribution is -0.122. The molecule has 2 aliphatic rings. The summed E-state index contributed by atoms with van der Waals surface area (Å²) >= 11 is 0. The van der Waals surface area contributed by atoms with Crippen molar-refractivity contribution in [3.63, 3.8) is 0 Å². The largest absolute Gasteiger partial charge is 0.378 e. The van der Waals surface area contributed by atoms with Crippen molar-refractivity contribution in [2.45, 2.75) is 6.92 Å². The fraction of sp³-hybridized carbons (Fsp3) is 0.227. The van der Waals surface area contributed by atoms with E-state index in [1.54, 1.807) is 24.3 Å². The first kappa shape index (κ1) is 18.9. The number of anilines is 2. The van der Waals surface area contributed by atoms with Gasteiger partial charge in [-0.05, 0) is 42.8 Å². The Morgan fingerprint density at radius 3 is 2.17 bits per heavy atom. The Hall–Kier alpha value is -3.45. The van der Waals surface area contributed by atoms with E-state index in [2.05, 4.69) is 10.2 Å². The fourth-order valence-corrected chi connectivity index (χ4v) is 3.36. The summed E-state index contributed by atoms with van der Waals surface area (Å²) in [5.41, 5.74) is 3.11. The van der Waals surface area contributed by atoms with Gasteiger partial charge in [0.2, 0.25) is 0 Å². The number of ether oxygens (including phenoxy) is 1. The lowest BCUT2D eigenvalue weighted by Gasteiger charge is -2.29. The average Bonchev–Trinajstić information content (AvgIpc) is 2.73. The number of nitrogens with one attached hydrogen (secondary N) is 1. The van der Waals surface area contributed by atoms with Gasteiger partial charge in [0.05, 0.1) is 18.9 Å². The van der Waals surface area contributed by atoms with Crippen LogP contribution in [0.4, 0.5) is 16.2 Å². The van der Waals surface area contributed by atoms with E-state index >= 15 is 0 Å². The Labute approximate surface area is 168 Å². The van der Waals surface area contributed by atoms with Crippen LogP contribution in [0.25, 0.3) is 6.08 Å². The van der Waals surface area contributed by atoms with Crippen LogP contribution in [0.2, 0.25) is 0 Å². The highest BCUT2D eigenvalue weighted by molar-refractivity contribution is 6.39. The molecule has 0 spiro atoms. The van der Waals surface area contributed by atoms with Gasteiger partial charge < -0.3 is 9.64 Å². The van der Waals surface area contributed by atoms with Crippen LogP contribution in [-0.4, -0.2) is 44.1 Å². The van der Waals surface area contributed by atoms with E-state index in [0.717, 1.165) is 29.2 Å². The molecule has 4 amide bonds. The topological polar surface area (TPSA) is 79.0 Å². The second-order valence-electron chi connectivity index (χ2n) is 6.98. The summed E-state index contributed by atoms with van der Waals surface area (Å²) in [5, 5.41) is 2.24. The van der Waals surface area contributed by atoms with Gasteiger partial charge in [-0.3, -0.25) is 14.9 Å². The molecule has 2 saturated heterocycles. The highest BCUT2D eigenvalue weighted by Crippen LogP contribution is 2.23. The summed E-state index contributed by atoms with van der Waals surface area (Å²) < 4.78 is 5.37. The van der Waals surface area contributed by atoms with Crippen molar-refractivity contribution < 1.29 is 19.1 Å². The second kappa shape index (κ2) is 7.89. The van der Waals surface area contributed by atoms with E-state index in [1.807, 2.05) is 31.2 Å². The summed E-state index contributed by atoms with van der Waals surface area (Å²) in [6, 6.07) is 13.8. The highest BCUT2D eigenvalue weighted by Gasteiger charge is 2.36. The number of aryl methyl sites for hydroxylation is 1. The van der Waals surface area contributed by atoms with Crippen molar-refractivity contribution in [2.75, 3.05) is 36.1 Å². The summed E-state index contributed by atoms with van der Waals surface area (Å²) in [6.45, 7) is 4.97. The van der Waals surface area contributed by atoms with E-state index in [1.165, 1.54) is 6.08 Å². The van der Waals surface area contributed by atoms with Gasteiger partial charge in [-0.2, -0.15) is 0 Å². The van der Waals surface area contributed by atoms with Gasteiger partial charge in [-0.15, -0.1) is 0 Å². The third-order valence-corrected chi connectivity index (χ3v) is 4.97. The van der Waals surface area contributed by atoms with Crippen LogP contribution in [0, 0.1) is 6.92 Å². The molecular formula is C22H21N3O4. The van der Waals surface area contributed by atoms with Gasteiger partial charge in [-0.25, -0.2) is 9.69 Å². The van der Waals surface area contributed by atoms with E-state index in [-0.39, 0.29) is 5.57 Å². The summed E-state index contributed by atoms with van der Waals surface area (Å²) in [5.74, 6) is -1.33. The Bertz CT molecular complexity index is 974. The molecule has 0 aromatic heterocycles. The number of rotatable bonds is 3. The minimum atomic E-state index is -0.747. The predicted molar refractivity (Wildman–Crippen MR) is 110 cm³/mol. The summed E-state index contributed by atoms with van der Waals surface area (Å²) in [4.78, 5) is 40.6. The molecule has 148 valence electrons. The third kappa shape index (κ3) is 3.90. The molecule has 2 aromatic carbocycles. The number of carbonyl (C=O) groups excluding carboxylic acids is 3. The molecule has 0 radical (unpaired) electrons. The van der Waals surface area contributed by atoms with Gasteiger partial charge >= 0.3 is 6.03 Å². The smallest absolute Gasteiger partial charge is 0.335 e. The van der Waals surface area contributed by atoms with Crippen molar-refractivity contribution in [2.24, 2.45) is 0 Å². The molecule has 2 aliphatic heterocycles. The molecule has 0 saturated carbocycles. The summed E-state index contributed by atoms with van der Waals surface area (Å²) in [6.07, 6.45) is 1.51. The minimum absolute atomic E-state index is 0.0794. The number of imide groups is 2. The molecule has 29 heavy (non-hydrogen) atoms. The number of hydrogen-bond acceptors (Lipinski definition) is 5. The molecule has 7 nitrogen and oxygen atoms in total. The zero-order chi connectivity index (χ0) is 20.4. The van der Waals surface area contributed by atoms with Crippen molar-refractivity contribution in [1.82, 2.24) is 5.32 Å². The van der Waals surface area contributed by atoms with E-state index in [9.17, 15) is 14.4 Å². The zero-order valence-electron chi connectivity index (χ0n) is 16.1. The van der Waals surface area contributed by atoms with Crippen molar-refractivity contribution >= 4 is 35.3 Å². The van der Waals surface area contributed by atoms with Gasteiger partial charge in [0.25, 0.3) is 11.8 Å². The lowest BCUT2D eigenvalue weighted by Crippen LogP contribution is -2.54. The first-order valence-corrected chi connectivity index (χ1v) is 9.44. The van der Waals surface area contributed by atoms with Crippen LogP contribution in [0.15, 0.2) is 54.1 Å². The van der Waals surface area contributed by atoms with Gasteiger partial charge in [0.15, 0.2) is 0 Å². The number of carbonyl (C=O) groups is 3. The normalized spacial score (nSPS) is 18.9. The minimum Gasteiger partial charge on any atom is -0.378 e. The SMILES string of the molecule is Cc1ccc(N2C(=O)NC(=O)/C(=C\c3ccc(N4CCOCC4)cc3)C2=O)cc1. The number of amides is 4. The maximum absolute atomic E-state index is 12.9. The zero-order valence-corrected chi connectivity index (χ0v) is 16.1. The number of morpholine rings is 1. The van der Waals surface area contributed by atoms with Crippen LogP contribution in [0.3, 0.4) is 0 Å². The standard InChI is InChI=1S/C22H21N3O4/c1-15-2-6-18(7-3-15)25-21(27)19(20(26)23-22(25)28)14-16-4-8-17(9-5-16)24-10-12-29-13-11-24/h2-9,14H,10-13H2,1H3,(H,23,26,28)/b19-14+. The summed E-state index contributed by atoms with van der Waals surface area (Å²) in [7, 11) is 0. The number of hydrogen-bond donors (Lipinski definition) is 1. The molecule has 0 atom stereocenters. The van der Waals surface area contributed by atoms with Crippen LogP contribution >= 0.6 is 0 Å². The van der Waals surface area contributed by atoms with Crippen LogP contribution in [0.1, 0.15) is 11.1 Å². The number of benzene rings is 2. The fourth-order valence-electron chi connectivity index (χ4n) is 3.36. The van der Waals surface area contributed by atoms with Gasteiger partial charge in [0, 0.05) is 18.8 Å². The molecule has 2 aromatic rings. The maximum Gasteiger partial charge on any atom is 0.335 e. The molecule has 0 bridgehead atoms. The molecule has 1 N–H and O–H groups in total. The Kier molecular flexibility index (Phi) is 5.14. The molecule has 0 aliphatic carbocycles. The van der Waals surface area contributed by atoms with Gasteiger partial charge in [-0.1, -0.05) is 29.8 Å². The predicted octanol–water partition coefficient (Wildman–Crippen LogP) is 2.50. The van der Waals surface area contributed by atoms with Gasteiger partial charge in [0.1, 0.15) is 5.57 Å². The molecule has 4 rings (SSSR count). The maximum atomic E-state index is 12.9. The molecule has 7 heteroatoms. The average molecular weight is 391 g/mol. The van der Waals surface area contributed by atoms with Crippen LogP contribution < -0.4 is 15.1 Å². The second-order valence-corrected chi connectivity index (χ2v) is 6.98. The molecule has 2 heterocycles.